The summed E-state index contributed by atoms with van der Waals surface area (Å²) in [6, 6.07) is 7.07. The van der Waals surface area contributed by atoms with Gasteiger partial charge in [-0.3, -0.25) is 9.79 Å². The molecule has 0 aliphatic rings. The molecule has 34 heavy (non-hydrogen) atoms. The molecule has 0 aliphatic carbocycles. The van der Waals surface area contributed by atoms with E-state index in [0.717, 1.165) is 16.5 Å². The Balaban J connectivity index is 1.71. The number of fused-ring (bicyclic) bond motifs is 3. The van der Waals surface area contributed by atoms with E-state index in [1.165, 1.54) is 6.20 Å². The maximum atomic E-state index is 11.6. The van der Waals surface area contributed by atoms with Gasteiger partial charge in [-0.05, 0) is 36.7 Å². The fourth-order valence-corrected chi connectivity index (χ4v) is 3.38. The molecule has 1 aromatic carbocycles. The molecule has 0 aliphatic heterocycles. The predicted molar refractivity (Wildman–Crippen MR) is 129 cm³/mol. The highest BCUT2D eigenvalue weighted by molar-refractivity contribution is 6.28. The molecule has 3 heterocycles. The zero-order valence-electron chi connectivity index (χ0n) is 18.8. The van der Waals surface area contributed by atoms with E-state index >= 15 is 0 Å². The quantitative estimate of drug-likeness (QED) is 0.150. The molecule has 0 radical (unpaired) electrons. The number of anilines is 1. The topological polar surface area (TPSA) is 121 Å². The van der Waals surface area contributed by atoms with Crippen LogP contribution < -0.4 is 14.8 Å². The lowest BCUT2D eigenvalue weighted by Crippen LogP contribution is -2.11. The van der Waals surface area contributed by atoms with Crippen LogP contribution in [-0.4, -0.2) is 60.9 Å². The molecule has 1 N–H and O–H groups in total. The first-order valence-corrected chi connectivity index (χ1v) is 10.7. The van der Waals surface area contributed by atoms with Gasteiger partial charge in [-0.15, -0.1) is 0 Å². The fourth-order valence-electron chi connectivity index (χ4n) is 3.25. The van der Waals surface area contributed by atoms with Crippen LogP contribution in [-0.2, 0) is 4.74 Å². The molecule has 0 unspecified atom stereocenters. The zero-order valence-corrected chi connectivity index (χ0v) is 19.5. The molecule has 10 nitrogen and oxygen atoms in total. The summed E-state index contributed by atoms with van der Waals surface area (Å²) in [5.74, 6) is 0.928. The highest BCUT2D eigenvalue weighted by Crippen LogP contribution is 2.37. The Morgan fingerprint density at radius 1 is 1.24 bits per heavy atom. The highest BCUT2D eigenvalue weighted by atomic mass is 35.5. The van der Waals surface area contributed by atoms with Gasteiger partial charge in [0.1, 0.15) is 12.2 Å². The third-order valence-corrected chi connectivity index (χ3v) is 5.15. The van der Waals surface area contributed by atoms with E-state index < -0.39 is 0 Å². The lowest BCUT2D eigenvalue weighted by Gasteiger charge is -2.11. The molecule has 0 amide bonds. The number of hydrogen-bond donors (Lipinski definition) is 1. The number of methoxy groups -OCH3 is 1. The molecule has 4 rings (SSSR count). The molecule has 0 atom stereocenters. The van der Waals surface area contributed by atoms with Gasteiger partial charge >= 0.3 is 0 Å². The summed E-state index contributed by atoms with van der Waals surface area (Å²) in [6.45, 7) is 3.04. The van der Waals surface area contributed by atoms with Crippen LogP contribution in [0.25, 0.3) is 21.9 Å². The normalized spacial score (nSPS) is 11.7. The van der Waals surface area contributed by atoms with Crippen LogP contribution in [0.15, 0.2) is 39.9 Å². The summed E-state index contributed by atoms with van der Waals surface area (Å²) in [5, 5.41) is 4.79. The summed E-state index contributed by atoms with van der Waals surface area (Å²) in [7, 11) is 3.29. The molecule has 176 valence electrons. The number of aromatic nitrogens is 3. The van der Waals surface area contributed by atoms with Crippen molar-refractivity contribution in [1.82, 2.24) is 15.0 Å². The van der Waals surface area contributed by atoms with Crippen molar-refractivity contribution in [1.29, 1.82) is 0 Å². The van der Waals surface area contributed by atoms with Gasteiger partial charge in [-0.1, -0.05) is 0 Å². The van der Waals surface area contributed by atoms with Crippen molar-refractivity contribution in [3.8, 4) is 17.5 Å². The molecule has 0 saturated heterocycles. The summed E-state index contributed by atoms with van der Waals surface area (Å²) in [4.78, 5) is 28.4. The third-order valence-electron chi connectivity index (χ3n) is 4.97. The second kappa shape index (κ2) is 10.4. The minimum absolute atomic E-state index is 0.0120. The van der Waals surface area contributed by atoms with E-state index in [1.807, 2.05) is 13.0 Å². The molecule has 0 fully saturated rings. The van der Waals surface area contributed by atoms with Gasteiger partial charge in [0.05, 0.1) is 35.9 Å². The van der Waals surface area contributed by atoms with Crippen LogP contribution in [0.1, 0.15) is 17.5 Å². The Bertz CT molecular complexity index is 1370. The van der Waals surface area contributed by atoms with Crippen molar-refractivity contribution >= 4 is 51.2 Å². The van der Waals surface area contributed by atoms with E-state index in [4.69, 9.17) is 30.2 Å². The standard InChI is InChI=1S/C23H22ClN5O5/c1-13(25-2)10-26-21-18(12-30)33-16-6-5-15-14(20(16)21)4-7-19(28-15)34-22-17(32-9-8-31-3)11-27-23(24)29-22/h4-7,11-12,26H,8-10H2,1-3H3/b25-13-. The lowest BCUT2D eigenvalue weighted by molar-refractivity contribution is 0.110. The van der Waals surface area contributed by atoms with E-state index in [1.54, 1.807) is 32.4 Å². The number of carbonyl (C=O) groups excluding carboxylic acids is 1. The molecule has 4 aromatic rings. The second-order valence-electron chi connectivity index (χ2n) is 7.18. The van der Waals surface area contributed by atoms with Crippen LogP contribution in [0.4, 0.5) is 5.69 Å². The minimum Gasteiger partial charge on any atom is -0.484 e. The smallest absolute Gasteiger partial charge is 0.268 e. The fraction of sp³-hybridized carbons (Fsp3) is 0.261. The van der Waals surface area contributed by atoms with Crippen molar-refractivity contribution in [2.24, 2.45) is 4.99 Å². The largest absolute Gasteiger partial charge is 0.484 e. The van der Waals surface area contributed by atoms with Gasteiger partial charge in [0.2, 0.25) is 16.9 Å². The number of carbonyl (C=O) groups is 1. The number of nitrogens with one attached hydrogen (secondary N) is 1. The Morgan fingerprint density at radius 3 is 2.85 bits per heavy atom. The van der Waals surface area contributed by atoms with Gasteiger partial charge in [-0.2, -0.15) is 4.98 Å². The average molecular weight is 484 g/mol. The van der Waals surface area contributed by atoms with Gasteiger partial charge in [0.15, 0.2) is 12.0 Å². The van der Waals surface area contributed by atoms with Gasteiger partial charge in [-0.25, -0.2) is 9.97 Å². The Labute approximate surface area is 199 Å². The van der Waals surface area contributed by atoms with Crippen LogP contribution >= 0.6 is 11.6 Å². The van der Waals surface area contributed by atoms with Gasteiger partial charge < -0.3 is 23.9 Å². The number of pyridine rings is 1. The maximum Gasteiger partial charge on any atom is 0.268 e. The van der Waals surface area contributed by atoms with Crippen molar-refractivity contribution in [3.05, 3.63) is 41.5 Å². The first kappa shape index (κ1) is 23.4. The number of ether oxygens (including phenoxy) is 3. The number of halogens is 1. The lowest BCUT2D eigenvalue weighted by atomic mass is 10.1. The summed E-state index contributed by atoms with van der Waals surface area (Å²) in [5.41, 5.74) is 2.67. The molecule has 11 heteroatoms. The summed E-state index contributed by atoms with van der Waals surface area (Å²) < 4.78 is 22.2. The summed E-state index contributed by atoms with van der Waals surface area (Å²) in [6.07, 6.45) is 2.11. The number of rotatable bonds is 10. The average Bonchev–Trinajstić information content (AvgIpc) is 3.22. The first-order chi connectivity index (χ1) is 16.5. The molecule has 3 aromatic heterocycles. The molecule has 0 bridgehead atoms. The van der Waals surface area contributed by atoms with E-state index in [-0.39, 0.29) is 22.8 Å². The van der Waals surface area contributed by atoms with Crippen molar-refractivity contribution in [2.75, 3.05) is 39.2 Å². The maximum absolute atomic E-state index is 11.6. The van der Waals surface area contributed by atoms with E-state index in [9.17, 15) is 4.79 Å². The van der Waals surface area contributed by atoms with Crippen LogP contribution in [0.3, 0.4) is 0 Å². The highest BCUT2D eigenvalue weighted by Gasteiger charge is 2.18. The van der Waals surface area contributed by atoms with Crippen molar-refractivity contribution < 1.29 is 23.4 Å². The zero-order chi connectivity index (χ0) is 24.1. The Morgan fingerprint density at radius 2 is 2.09 bits per heavy atom. The Hall–Kier alpha value is -3.76. The summed E-state index contributed by atoms with van der Waals surface area (Å²) >= 11 is 5.94. The molecule has 0 saturated carbocycles. The number of benzene rings is 1. The van der Waals surface area contributed by atoms with Gasteiger partial charge in [0, 0.05) is 31.3 Å². The Kier molecular flexibility index (Phi) is 7.19. The number of aliphatic imine (C=N–C) groups is 1. The number of hydrogen-bond acceptors (Lipinski definition) is 10. The molecular weight excluding hydrogens is 462 g/mol. The number of aldehydes is 1. The van der Waals surface area contributed by atoms with Crippen molar-refractivity contribution in [3.63, 3.8) is 0 Å². The van der Waals surface area contributed by atoms with Crippen molar-refractivity contribution in [2.45, 2.75) is 6.92 Å². The van der Waals surface area contributed by atoms with Crippen LogP contribution in [0.5, 0.6) is 17.5 Å². The van der Waals surface area contributed by atoms with E-state index in [2.05, 4.69) is 25.3 Å². The molecule has 0 spiro atoms. The first-order valence-electron chi connectivity index (χ1n) is 10.3. The number of furan rings is 1. The number of nitrogens with zero attached hydrogens (tertiary/aromatic N) is 4. The van der Waals surface area contributed by atoms with Crippen LogP contribution in [0.2, 0.25) is 5.28 Å². The predicted octanol–water partition coefficient (Wildman–Crippen LogP) is 4.56. The minimum atomic E-state index is 0.0120. The third kappa shape index (κ3) is 4.92. The SMILES string of the molecule is C/N=C(/C)CNc1c(C=O)oc2ccc3nc(Oc4nc(Cl)ncc4OCCOC)ccc3c12. The van der Waals surface area contributed by atoms with E-state index in [0.29, 0.717) is 48.6 Å². The second-order valence-corrected chi connectivity index (χ2v) is 7.52. The molecular formula is C23H22ClN5O5. The monoisotopic (exact) mass is 483 g/mol. The van der Waals surface area contributed by atoms with Gasteiger partial charge in [0.25, 0.3) is 5.88 Å². The van der Waals surface area contributed by atoms with Crippen LogP contribution in [0, 0.1) is 0 Å².